The van der Waals surface area contributed by atoms with Crippen LogP contribution in [0.1, 0.15) is 28.9 Å². The highest BCUT2D eigenvalue weighted by atomic mass is 16.5. The van der Waals surface area contributed by atoms with Gasteiger partial charge in [0.25, 0.3) is 0 Å². The van der Waals surface area contributed by atoms with Gasteiger partial charge in [0, 0.05) is 12.4 Å². The predicted octanol–water partition coefficient (Wildman–Crippen LogP) is 0.921. The third kappa shape index (κ3) is 2.26. The van der Waals surface area contributed by atoms with E-state index < -0.39 is 12.1 Å². The minimum Gasteiger partial charge on any atom is -0.465 e. The van der Waals surface area contributed by atoms with Crippen molar-refractivity contribution in [3.05, 3.63) is 29.6 Å². The first-order chi connectivity index (χ1) is 6.15. The lowest BCUT2D eigenvalue weighted by Gasteiger charge is -2.04. The minimum absolute atomic E-state index is 0.348. The van der Waals surface area contributed by atoms with Gasteiger partial charge in [-0.2, -0.15) is 0 Å². The van der Waals surface area contributed by atoms with Crippen molar-refractivity contribution in [2.24, 2.45) is 0 Å². The van der Waals surface area contributed by atoms with Crippen LogP contribution in [0.3, 0.4) is 0 Å². The van der Waals surface area contributed by atoms with E-state index in [0.717, 1.165) is 0 Å². The van der Waals surface area contributed by atoms with E-state index in [0.29, 0.717) is 11.1 Å². The number of aliphatic hydroxyl groups is 1. The Balaban J connectivity index is 2.98. The van der Waals surface area contributed by atoms with Gasteiger partial charge < -0.3 is 9.84 Å². The van der Waals surface area contributed by atoms with Crippen molar-refractivity contribution in [2.45, 2.75) is 13.0 Å². The third-order valence-corrected chi connectivity index (χ3v) is 1.66. The zero-order valence-electron chi connectivity index (χ0n) is 7.52. The fourth-order valence-corrected chi connectivity index (χ4v) is 0.916. The molecule has 1 heterocycles. The molecule has 0 saturated carbocycles. The van der Waals surface area contributed by atoms with Crippen molar-refractivity contribution in [1.29, 1.82) is 0 Å². The molecule has 0 fully saturated rings. The molecule has 0 aliphatic carbocycles. The molecule has 0 bridgehead atoms. The first-order valence-electron chi connectivity index (χ1n) is 3.86. The number of rotatable bonds is 2. The number of ether oxygens (including phenoxy) is 1. The Morgan fingerprint density at radius 1 is 1.62 bits per heavy atom. The van der Waals surface area contributed by atoms with Gasteiger partial charge in [0.1, 0.15) is 0 Å². The predicted molar refractivity (Wildman–Crippen MR) is 46.2 cm³/mol. The van der Waals surface area contributed by atoms with E-state index in [4.69, 9.17) is 0 Å². The van der Waals surface area contributed by atoms with Gasteiger partial charge in [-0.15, -0.1) is 0 Å². The van der Waals surface area contributed by atoms with E-state index in [1.165, 1.54) is 19.5 Å². The number of aromatic nitrogens is 1. The van der Waals surface area contributed by atoms with Crippen LogP contribution in [0.15, 0.2) is 18.5 Å². The van der Waals surface area contributed by atoms with Crippen LogP contribution in [0.5, 0.6) is 0 Å². The van der Waals surface area contributed by atoms with Crippen LogP contribution in [0.2, 0.25) is 0 Å². The number of carbonyl (C=O) groups excluding carboxylic acids is 1. The summed E-state index contributed by atoms with van der Waals surface area (Å²) >= 11 is 0. The Kier molecular flexibility index (Phi) is 2.97. The summed E-state index contributed by atoms with van der Waals surface area (Å²) in [4.78, 5) is 14.9. The van der Waals surface area contributed by atoms with Gasteiger partial charge in [0.05, 0.1) is 18.8 Å². The van der Waals surface area contributed by atoms with Crippen LogP contribution < -0.4 is 0 Å². The van der Waals surface area contributed by atoms with Crippen LogP contribution >= 0.6 is 0 Å². The Morgan fingerprint density at radius 3 is 2.85 bits per heavy atom. The summed E-state index contributed by atoms with van der Waals surface area (Å²) in [6.45, 7) is 1.61. The van der Waals surface area contributed by atoms with Crippen molar-refractivity contribution >= 4 is 5.97 Å². The molecule has 0 spiro atoms. The SMILES string of the molecule is COC(=O)c1cncc([C@@H](C)O)c1. The molecule has 70 valence electrons. The topological polar surface area (TPSA) is 59.4 Å². The third-order valence-electron chi connectivity index (χ3n) is 1.66. The highest BCUT2D eigenvalue weighted by Crippen LogP contribution is 2.12. The second kappa shape index (κ2) is 4.00. The molecular formula is C9H11NO3. The van der Waals surface area contributed by atoms with Crippen molar-refractivity contribution in [3.8, 4) is 0 Å². The molecule has 0 aromatic carbocycles. The molecule has 0 saturated heterocycles. The van der Waals surface area contributed by atoms with Crippen LogP contribution in [-0.4, -0.2) is 23.2 Å². The number of aliphatic hydroxyl groups excluding tert-OH is 1. The van der Waals surface area contributed by atoms with Gasteiger partial charge in [0.15, 0.2) is 0 Å². The maximum atomic E-state index is 11.0. The first kappa shape index (κ1) is 9.67. The van der Waals surface area contributed by atoms with Crippen molar-refractivity contribution in [3.63, 3.8) is 0 Å². The summed E-state index contributed by atoms with van der Waals surface area (Å²) in [5.74, 6) is -0.449. The van der Waals surface area contributed by atoms with Gasteiger partial charge in [-0.3, -0.25) is 4.98 Å². The maximum absolute atomic E-state index is 11.0. The fourth-order valence-electron chi connectivity index (χ4n) is 0.916. The van der Waals surface area contributed by atoms with Gasteiger partial charge in [0.2, 0.25) is 0 Å². The number of pyridine rings is 1. The molecule has 0 unspecified atom stereocenters. The minimum atomic E-state index is -0.628. The molecule has 13 heavy (non-hydrogen) atoms. The zero-order valence-corrected chi connectivity index (χ0v) is 7.52. The van der Waals surface area contributed by atoms with Crippen LogP contribution in [0.25, 0.3) is 0 Å². The second-order valence-corrected chi connectivity index (χ2v) is 2.67. The number of hydrogen-bond donors (Lipinski definition) is 1. The monoisotopic (exact) mass is 181 g/mol. The van der Waals surface area contributed by atoms with E-state index in [-0.39, 0.29) is 0 Å². The molecule has 4 heteroatoms. The average molecular weight is 181 g/mol. The Hall–Kier alpha value is -1.42. The lowest BCUT2D eigenvalue weighted by atomic mass is 10.1. The average Bonchev–Trinajstić information content (AvgIpc) is 2.17. The number of methoxy groups -OCH3 is 1. The highest BCUT2D eigenvalue weighted by molar-refractivity contribution is 5.89. The molecule has 1 aromatic heterocycles. The van der Waals surface area contributed by atoms with Gasteiger partial charge in [-0.25, -0.2) is 4.79 Å². The summed E-state index contributed by atoms with van der Waals surface area (Å²) in [5.41, 5.74) is 0.948. The van der Waals surface area contributed by atoms with E-state index in [1.54, 1.807) is 13.0 Å². The van der Waals surface area contributed by atoms with Crippen molar-refractivity contribution < 1.29 is 14.6 Å². The van der Waals surface area contributed by atoms with E-state index in [1.807, 2.05) is 0 Å². The lowest BCUT2D eigenvalue weighted by Crippen LogP contribution is -2.03. The van der Waals surface area contributed by atoms with Crippen LogP contribution in [-0.2, 0) is 4.74 Å². The molecule has 1 atom stereocenters. The number of esters is 1. The smallest absolute Gasteiger partial charge is 0.339 e. The molecule has 1 N–H and O–H groups in total. The number of hydrogen-bond acceptors (Lipinski definition) is 4. The second-order valence-electron chi connectivity index (χ2n) is 2.67. The standard InChI is InChI=1S/C9H11NO3/c1-6(11)7-3-8(5-10-4-7)9(12)13-2/h3-6,11H,1-2H3/t6-/m1/s1. The molecular weight excluding hydrogens is 170 g/mol. The molecule has 0 aliphatic heterocycles. The van der Waals surface area contributed by atoms with Crippen LogP contribution in [0.4, 0.5) is 0 Å². The molecule has 0 radical (unpaired) electrons. The Labute approximate surface area is 76.2 Å². The van der Waals surface area contributed by atoms with Crippen LogP contribution in [0, 0.1) is 0 Å². The zero-order chi connectivity index (χ0) is 9.84. The highest BCUT2D eigenvalue weighted by Gasteiger charge is 2.08. The normalized spacial score (nSPS) is 12.2. The molecule has 1 aromatic rings. The number of nitrogens with zero attached hydrogens (tertiary/aromatic N) is 1. The van der Waals surface area contributed by atoms with Gasteiger partial charge >= 0.3 is 5.97 Å². The summed E-state index contributed by atoms with van der Waals surface area (Å²) in [5, 5.41) is 9.21. The first-order valence-corrected chi connectivity index (χ1v) is 3.86. The van der Waals surface area contributed by atoms with E-state index >= 15 is 0 Å². The summed E-state index contributed by atoms with van der Waals surface area (Å²) in [6, 6.07) is 1.56. The Bertz CT molecular complexity index is 309. The van der Waals surface area contributed by atoms with E-state index in [2.05, 4.69) is 9.72 Å². The summed E-state index contributed by atoms with van der Waals surface area (Å²) < 4.78 is 4.51. The molecule has 4 nitrogen and oxygen atoms in total. The van der Waals surface area contributed by atoms with Gasteiger partial charge in [-0.1, -0.05) is 0 Å². The van der Waals surface area contributed by atoms with Crippen molar-refractivity contribution in [2.75, 3.05) is 7.11 Å². The van der Waals surface area contributed by atoms with Crippen molar-refractivity contribution in [1.82, 2.24) is 4.98 Å². The summed E-state index contributed by atoms with van der Waals surface area (Å²) in [7, 11) is 1.30. The molecule has 0 amide bonds. The number of carbonyl (C=O) groups is 1. The Morgan fingerprint density at radius 2 is 2.31 bits per heavy atom. The maximum Gasteiger partial charge on any atom is 0.339 e. The van der Waals surface area contributed by atoms with Gasteiger partial charge in [-0.05, 0) is 18.6 Å². The lowest BCUT2D eigenvalue weighted by molar-refractivity contribution is 0.0600. The quantitative estimate of drug-likeness (QED) is 0.689. The largest absolute Gasteiger partial charge is 0.465 e. The molecule has 1 rings (SSSR count). The summed E-state index contributed by atoms with van der Waals surface area (Å²) in [6.07, 6.45) is 2.28. The fraction of sp³-hybridized carbons (Fsp3) is 0.333. The molecule has 0 aliphatic rings. The van der Waals surface area contributed by atoms with E-state index in [9.17, 15) is 9.90 Å².